The number of allylic oxidation sites excluding steroid dienone is 2. The van der Waals surface area contributed by atoms with Crippen LogP contribution in [0.2, 0.25) is 0 Å². The van der Waals surface area contributed by atoms with Gasteiger partial charge < -0.3 is 4.74 Å². The highest BCUT2D eigenvalue weighted by Gasteiger charge is 2.17. The minimum Gasteiger partial charge on any atom is -0.465 e. The maximum absolute atomic E-state index is 11.3. The average molecular weight is 196 g/mol. The third-order valence-corrected chi connectivity index (χ3v) is 2.18. The van der Waals surface area contributed by atoms with Gasteiger partial charge in [0.15, 0.2) is 0 Å². The fourth-order valence-corrected chi connectivity index (χ4v) is 1.51. The smallest absolute Gasteiger partial charge is 0.338 e. The van der Waals surface area contributed by atoms with Gasteiger partial charge in [0.2, 0.25) is 0 Å². The molecule has 0 heterocycles. The van der Waals surface area contributed by atoms with Crippen LogP contribution in [0, 0.1) is 0 Å². The first-order valence-corrected chi connectivity index (χ1v) is 5.12. The molecule has 0 aliphatic heterocycles. The summed E-state index contributed by atoms with van der Waals surface area (Å²) in [6.45, 7) is 7.94. The van der Waals surface area contributed by atoms with Gasteiger partial charge in [0.25, 0.3) is 0 Å². The number of methoxy groups -OCH3 is 1. The van der Waals surface area contributed by atoms with E-state index in [-0.39, 0.29) is 5.97 Å². The third kappa shape index (κ3) is 3.02. The van der Waals surface area contributed by atoms with E-state index in [1.807, 2.05) is 27.7 Å². The molecule has 80 valence electrons. The monoisotopic (exact) mass is 196 g/mol. The molecule has 0 bridgehead atoms. The van der Waals surface area contributed by atoms with Crippen LogP contribution in [0.4, 0.5) is 0 Å². The predicted octanol–water partition coefficient (Wildman–Crippen LogP) is 3.24. The average Bonchev–Trinajstić information content (AvgIpc) is 2.20. The Balaban J connectivity index is 0.000000791. The molecule has 0 amide bonds. The molecule has 0 saturated heterocycles. The Hall–Kier alpha value is -1.05. The van der Waals surface area contributed by atoms with E-state index in [0.717, 1.165) is 29.6 Å². The van der Waals surface area contributed by atoms with Crippen LogP contribution in [0.15, 0.2) is 22.8 Å². The Labute approximate surface area is 86.6 Å². The summed E-state index contributed by atoms with van der Waals surface area (Å²) in [6, 6.07) is 0. The zero-order chi connectivity index (χ0) is 11.1. The normalized spacial score (nSPS) is 15.4. The van der Waals surface area contributed by atoms with Crippen molar-refractivity contribution in [3.8, 4) is 0 Å². The molecule has 2 nitrogen and oxygen atoms in total. The van der Waals surface area contributed by atoms with E-state index < -0.39 is 0 Å². The highest BCUT2D eigenvalue weighted by atomic mass is 16.5. The van der Waals surface area contributed by atoms with Gasteiger partial charge in [-0.05, 0) is 32.3 Å². The number of esters is 1. The Morgan fingerprint density at radius 1 is 1.36 bits per heavy atom. The largest absolute Gasteiger partial charge is 0.465 e. The zero-order valence-electron chi connectivity index (χ0n) is 9.81. The van der Waals surface area contributed by atoms with Crippen molar-refractivity contribution in [2.75, 3.05) is 7.11 Å². The van der Waals surface area contributed by atoms with Crippen LogP contribution in [-0.4, -0.2) is 13.1 Å². The number of carbonyl (C=O) groups is 1. The van der Waals surface area contributed by atoms with E-state index in [1.54, 1.807) is 0 Å². The van der Waals surface area contributed by atoms with Crippen LogP contribution in [0.25, 0.3) is 0 Å². The summed E-state index contributed by atoms with van der Waals surface area (Å²) in [5.41, 5.74) is 2.95. The van der Waals surface area contributed by atoms with Crippen molar-refractivity contribution >= 4 is 5.97 Å². The van der Waals surface area contributed by atoms with Crippen LogP contribution in [0.5, 0.6) is 0 Å². The van der Waals surface area contributed by atoms with Crippen LogP contribution < -0.4 is 0 Å². The molecule has 0 atom stereocenters. The molecule has 0 fully saturated rings. The highest BCUT2D eigenvalue weighted by Crippen LogP contribution is 2.25. The number of hydrogen-bond acceptors (Lipinski definition) is 2. The maximum Gasteiger partial charge on any atom is 0.338 e. The first-order chi connectivity index (χ1) is 6.66. The lowest BCUT2D eigenvalue weighted by Gasteiger charge is -2.14. The summed E-state index contributed by atoms with van der Waals surface area (Å²) in [6.07, 6.45) is 4.10. The molecule has 14 heavy (non-hydrogen) atoms. The SMILES string of the molecule is CC.COC(=O)C1=C(C)CCC=C1C. The molecule has 0 spiro atoms. The van der Waals surface area contributed by atoms with Crippen molar-refractivity contribution < 1.29 is 9.53 Å². The molecule has 1 aliphatic carbocycles. The minimum absolute atomic E-state index is 0.207. The molecule has 1 rings (SSSR count). The van der Waals surface area contributed by atoms with Crippen molar-refractivity contribution in [3.05, 3.63) is 22.8 Å². The van der Waals surface area contributed by atoms with Gasteiger partial charge in [-0.2, -0.15) is 0 Å². The van der Waals surface area contributed by atoms with E-state index in [4.69, 9.17) is 4.74 Å². The Kier molecular flexibility index (Phi) is 5.93. The highest BCUT2D eigenvalue weighted by molar-refractivity contribution is 5.94. The van der Waals surface area contributed by atoms with E-state index in [9.17, 15) is 4.79 Å². The van der Waals surface area contributed by atoms with E-state index in [0.29, 0.717) is 0 Å². The summed E-state index contributed by atoms with van der Waals surface area (Å²) >= 11 is 0. The van der Waals surface area contributed by atoms with Crippen LogP contribution in [0.1, 0.15) is 40.5 Å². The van der Waals surface area contributed by atoms with Gasteiger partial charge in [0.05, 0.1) is 12.7 Å². The van der Waals surface area contributed by atoms with Gasteiger partial charge in [-0.3, -0.25) is 0 Å². The number of rotatable bonds is 1. The van der Waals surface area contributed by atoms with E-state index in [1.165, 1.54) is 7.11 Å². The minimum atomic E-state index is -0.207. The standard InChI is InChI=1S/C10H14O2.C2H6/c1-7-5-4-6-8(2)9(7)10(11)12-3;1-2/h5H,4,6H2,1-3H3;1-2H3. The second-order valence-corrected chi connectivity index (χ2v) is 3.07. The molecule has 0 saturated carbocycles. The predicted molar refractivity (Wildman–Crippen MR) is 59.1 cm³/mol. The van der Waals surface area contributed by atoms with Crippen molar-refractivity contribution in [2.45, 2.75) is 40.5 Å². The van der Waals surface area contributed by atoms with E-state index >= 15 is 0 Å². The Bertz CT molecular complexity index is 259. The molecular formula is C12H20O2. The lowest BCUT2D eigenvalue weighted by Crippen LogP contribution is -2.10. The number of hydrogen-bond donors (Lipinski definition) is 0. The molecular weight excluding hydrogens is 176 g/mol. The molecule has 0 unspecified atom stereocenters. The molecule has 0 aromatic rings. The molecule has 0 N–H and O–H groups in total. The molecule has 0 aromatic heterocycles. The Morgan fingerprint density at radius 2 is 1.93 bits per heavy atom. The van der Waals surface area contributed by atoms with Crippen LogP contribution in [0.3, 0.4) is 0 Å². The van der Waals surface area contributed by atoms with Crippen molar-refractivity contribution in [1.82, 2.24) is 0 Å². The summed E-state index contributed by atoms with van der Waals surface area (Å²) in [5.74, 6) is -0.207. The number of carbonyl (C=O) groups excluding carboxylic acids is 1. The third-order valence-electron chi connectivity index (χ3n) is 2.18. The lowest BCUT2D eigenvalue weighted by atomic mass is 9.93. The summed E-state index contributed by atoms with van der Waals surface area (Å²) in [7, 11) is 1.42. The first-order valence-electron chi connectivity index (χ1n) is 5.12. The fourth-order valence-electron chi connectivity index (χ4n) is 1.51. The van der Waals surface area contributed by atoms with Crippen molar-refractivity contribution in [2.24, 2.45) is 0 Å². The van der Waals surface area contributed by atoms with Crippen LogP contribution in [-0.2, 0) is 9.53 Å². The van der Waals surface area contributed by atoms with Crippen molar-refractivity contribution in [3.63, 3.8) is 0 Å². The number of ether oxygens (including phenoxy) is 1. The van der Waals surface area contributed by atoms with Gasteiger partial charge in [-0.25, -0.2) is 4.79 Å². The first kappa shape index (κ1) is 12.9. The quantitative estimate of drug-likeness (QED) is 0.602. The fraction of sp³-hybridized carbons (Fsp3) is 0.583. The van der Waals surface area contributed by atoms with E-state index in [2.05, 4.69) is 6.08 Å². The van der Waals surface area contributed by atoms with Crippen LogP contribution >= 0.6 is 0 Å². The topological polar surface area (TPSA) is 26.3 Å². The van der Waals surface area contributed by atoms with Gasteiger partial charge in [0.1, 0.15) is 0 Å². The van der Waals surface area contributed by atoms with Gasteiger partial charge in [0, 0.05) is 0 Å². The Morgan fingerprint density at radius 3 is 2.36 bits per heavy atom. The van der Waals surface area contributed by atoms with Gasteiger partial charge in [-0.15, -0.1) is 0 Å². The van der Waals surface area contributed by atoms with Gasteiger partial charge >= 0.3 is 5.97 Å². The lowest BCUT2D eigenvalue weighted by molar-refractivity contribution is -0.135. The molecule has 0 radical (unpaired) electrons. The molecule has 1 aliphatic rings. The van der Waals surface area contributed by atoms with Gasteiger partial charge in [-0.1, -0.05) is 25.5 Å². The maximum atomic E-state index is 11.3. The molecule has 0 aromatic carbocycles. The summed E-state index contributed by atoms with van der Waals surface area (Å²) in [4.78, 5) is 11.3. The van der Waals surface area contributed by atoms with Crippen molar-refractivity contribution in [1.29, 1.82) is 0 Å². The second kappa shape index (κ2) is 6.41. The second-order valence-electron chi connectivity index (χ2n) is 3.07. The summed E-state index contributed by atoms with van der Waals surface area (Å²) in [5, 5.41) is 0. The molecule has 2 heteroatoms. The zero-order valence-corrected chi connectivity index (χ0v) is 9.81. The summed E-state index contributed by atoms with van der Waals surface area (Å²) < 4.78 is 4.69.